The fourth-order valence-electron chi connectivity index (χ4n) is 2.72. The molecule has 0 aliphatic heterocycles. The Morgan fingerprint density at radius 1 is 1.32 bits per heavy atom. The first kappa shape index (κ1) is 19.2. The number of fused-ring (bicyclic) bond motifs is 1. The van der Waals surface area contributed by atoms with Crippen molar-refractivity contribution in [2.75, 3.05) is 6.54 Å². The van der Waals surface area contributed by atoms with Gasteiger partial charge >= 0.3 is 0 Å². The van der Waals surface area contributed by atoms with Gasteiger partial charge < -0.3 is 5.73 Å². The van der Waals surface area contributed by atoms with Crippen LogP contribution in [0.5, 0.6) is 0 Å². The third-order valence-electron chi connectivity index (χ3n) is 4.01. The van der Waals surface area contributed by atoms with E-state index in [1.165, 1.54) is 6.20 Å². The lowest BCUT2D eigenvalue weighted by molar-refractivity contribution is 0.430. The molecular weight excluding hydrogens is 350 g/mol. The molecule has 28 heavy (non-hydrogen) atoms. The second kappa shape index (κ2) is 7.61. The molecule has 7 nitrogen and oxygen atoms in total. The Bertz CT molecular complexity index is 1110. The summed E-state index contributed by atoms with van der Waals surface area (Å²) in [5.74, 6) is 0. The summed E-state index contributed by atoms with van der Waals surface area (Å²) in [5, 5.41) is 13.7. The van der Waals surface area contributed by atoms with Crippen LogP contribution in [0.4, 0.5) is 0 Å². The predicted molar refractivity (Wildman–Crippen MR) is 111 cm³/mol. The summed E-state index contributed by atoms with van der Waals surface area (Å²) in [6.07, 6.45) is 6.82. The standard InChI is InChI=1S/C21H23N7/c1-14-12-28-19(26-14)7-15(11-25-28)20-18(6-5-17(9-23)27-20)16(8-22)10-24-13-21(2,3)4/h5-8,10-12H,13,22H2,1-4H3. The van der Waals surface area contributed by atoms with Crippen LogP contribution >= 0.6 is 0 Å². The van der Waals surface area contributed by atoms with Gasteiger partial charge in [-0.05, 0) is 30.5 Å². The molecule has 0 saturated carbocycles. The number of nitriles is 1. The maximum absolute atomic E-state index is 9.29. The van der Waals surface area contributed by atoms with Crippen molar-refractivity contribution < 1.29 is 0 Å². The van der Waals surface area contributed by atoms with E-state index in [1.54, 1.807) is 23.0 Å². The number of allylic oxidation sites excluding steroid dienone is 1. The van der Waals surface area contributed by atoms with E-state index in [9.17, 15) is 5.26 Å². The van der Waals surface area contributed by atoms with E-state index >= 15 is 0 Å². The molecule has 0 saturated heterocycles. The van der Waals surface area contributed by atoms with Gasteiger partial charge in [-0.1, -0.05) is 20.8 Å². The summed E-state index contributed by atoms with van der Waals surface area (Å²) < 4.78 is 1.71. The van der Waals surface area contributed by atoms with Crippen LogP contribution in [0.2, 0.25) is 0 Å². The summed E-state index contributed by atoms with van der Waals surface area (Å²) in [7, 11) is 0. The van der Waals surface area contributed by atoms with Crippen molar-refractivity contribution in [3.05, 3.63) is 53.7 Å². The molecule has 3 aromatic heterocycles. The molecule has 3 heterocycles. The number of hydrogen-bond acceptors (Lipinski definition) is 6. The number of aromatic nitrogens is 4. The molecule has 0 atom stereocenters. The quantitative estimate of drug-likeness (QED) is 0.706. The van der Waals surface area contributed by atoms with Crippen LogP contribution in [0, 0.1) is 23.7 Å². The van der Waals surface area contributed by atoms with Gasteiger partial charge in [-0.25, -0.2) is 14.5 Å². The van der Waals surface area contributed by atoms with Crippen LogP contribution < -0.4 is 5.73 Å². The third kappa shape index (κ3) is 4.23. The van der Waals surface area contributed by atoms with Gasteiger partial charge in [0.2, 0.25) is 0 Å². The largest absolute Gasteiger partial charge is 0.404 e. The molecule has 7 heteroatoms. The van der Waals surface area contributed by atoms with Gasteiger partial charge in [0.1, 0.15) is 11.8 Å². The molecule has 0 bridgehead atoms. The number of rotatable bonds is 4. The van der Waals surface area contributed by atoms with Gasteiger partial charge in [0.15, 0.2) is 5.65 Å². The van der Waals surface area contributed by atoms with Crippen molar-refractivity contribution in [3.8, 4) is 17.3 Å². The summed E-state index contributed by atoms with van der Waals surface area (Å²) in [6.45, 7) is 8.95. The Balaban J connectivity index is 2.10. The average molecular weight is 373 g/mol. The minimum absolute atomic E-state index is 0.0788. The summed E-state index contributed by atoms with van der Waals surface area (Å²) >= 11 is 0. The molecule has 0 fully saturated rings. The number of pyridine rings is 1. The molecule has 0 aliphatic rings. The molecule has 0 spiro atoms. The minimum Gasteiger partial charge on any atom is -0.404 e. The van der Waals surface area contributed by atoms with Gasteiger partial charge in [0, 0.05) is 35.7 Å². The predicted octanol–water partition coefficient (Wildman–Crippen LogP) is 3.39. The Labute approximate surface area is 164 Å². The van der Waals surface area contributed by atoms with Crippen molar-refractivity contribution in [2.45, 2.75) is 27.7 Å². The Kier molecular flexibility index (Phi) is 5.23. The van der Waals surface area contributed by atoms with Crippen LogP contribution in [-0.4, -0.2) is 32.3 Å². The molecule has 0 radical (unpaired) electrons. The normalized spacial score (nSPS) is 12.6. The second-order valence-corrected chi connectivity index (χ2v) is 7.79. The molecule has 0 aromatic carbocycles. The number of hydrogen-bond donors (Lipinski definition) is 1. The molecule has 0 unspecified atom stereocenters. The van der Waals surface area contributed by atoms with Crippen molar-refractivity contribution in [3.63, 3.8) is 0 Å². The van der Waals surface area contributed by atoms with Gasteiger partial charge in [-0.2, -0.15) is 10.4 Å². The lowest BCUT2D eigenvalue weighted by Crippen LogP contribution is -2.09. The Morgan fingerprint density at radius 3 is 2.79 bits per heavy atom. The van der Waals surface area contributed by atoms with Crippen LogP contribution in [0.15, 0.2) is 41.8 Å². The first-order valence-corrected chi connectivity index (χ1v) is 8.96. The maximum atomic E-state index is 9.29. The Hall–Kier alpha value is -3.53. The maximum Gasteiger partial charge on any atom is 0.154 e. The van der Waals surface area contributed by atoms with Gasteiger partial charge in [0.05, 0.1) is 23.8 Å². The zero-order valence-electron chi connectivity index (χ0n) is 16.5. The number of aliphatic imine (C=N–C) groups is 1. The van der Waals surface area contributed by atoms with E-state index in [2.05, 4.69) is 46.9 Å². The lowest BCUT2D eigenvalue weighted by Gasteiger charge is -2.14. The number of nitrogens with zero attached hydrogens (tertiary/aromatic N) is 6. The van der Waals surface area contributed by atoms with Crippen LogP contribution in [0.1, 0.15) is 37.7 Å². The Morgan fingerprint density at radius 2 is 2.11 bits per heavy atom. The molecule has 3 aromatic rings. The van der Waals surface area contributed by atoms with E-state index in [-0.39, 0.29) is 5.41 Å². The number of imidazole rings is 1. The first-order chi connectivity index (χ1) is 13.3. The fraction of sp³-hybridized carbons (Fsp3) is 0.286. The summed E-state index contributed by atoms with van der Waals surface area (Å²) in [6, 6.07) is 7.49. The monoisotopic (exact) mass is 373 g/mol. The number of aryl methyl sites for hydroxylation is 1. The minimum atomic E-state index is 0.0788. The van der Waals surface area contributed by atoms with Crippen molar-refractivity contribution >= 4 is 17.4 Å². The van der Waals surface area contributed by atoms with Gasteiger partial charge in [-0.3, -0.25) is 4.99 Å². The topological polar surface area (TPSA) is 105 Å². The SMILES string of the molecule is Cc1cn2ncc(-c3nc(C#N)ccc3C(C=NCC(C)(C)C)=CN)cc2n1. The van der Waals surface area contributed by atoms with E-state index < -0.39 is 0 Å². The fourth-order valence-corrected chi connectivity index (χ4v) is 2.72. The first-order valence-electron chi connectivity index (χ1n) is 8.96. The van der Waals surface area contributed by atoms with E-state index in [4.69, 9.17) is 5.73 Å². The van der Waals surface area contributed by atoms with Crippen molar-refractivity contribution in [2.24, 2.45) is 16.1 Å². The van der Waals surface area contributed by atoms with Gasteiger partial charge in [-0.15, -0.1) is 0 Å². The summed E-state index contributed by atoms with van der Waals surface area (Å²) in [4.78, 5) is 13.5. The molecular formula is C21H23N7. The van der Waals surface area contributed by atoms with Crippen LogP contribution in [0.25, 0.3) is 22.5 Å². The zero-order chi connectivity index (χ0) is 20.3. The van der Waals surface area contributed by atoms with E-state index in [1.807, 2.05) is 25.3 Å². The highest BCUT2D eigenvalue weighted by Gasteiger charge is 2.14. The molecule has 0 amide bonds. The van der Waals surface area contributed by atoms with E-state index in [0.29, 0.717) is 23.6 Å². The van der Waals surface area contributed by atoms with E-state index in [0.717, 1.165) is 22.4 Å². The van der Waals surface area contributed by atoms with Gasteiger partial charge in [0.25, 0.3) is 0 Å². The summed E-state index contributed by atoms with van der Waals surface area (Å²) in [5.41, 5.74) is 10.8. The highest BCUT2D eigenvalue weighted by molar-refractivity contribution is 6.11. The molecule has 3 rings (SSSR count). The number of nitrogens with two attached hydrogens (primary N) is 1. The molecule has 0 aliphatic carbocycles. The average Bonchev–Trinajstić information content (AvgIpc) is 3.03. The highest BCUT2D eigenvalue weighted by Crippen LogP contribution is 2.27. The van der Waals surface area contributed by atoms with Crippen LogP contribution in [-0.2, 0) is 0 Å². The van der Waals surface area contributed by atoms with Crippen molar-refractivity contribution in [1.82, 2.24) is 19.6 Å². The molecule has 142 valence electrons. The lowest BCUT2D eigenvalue weighted by atomic mass is 9.97. The third-order valence-corrected chi connectivity index (χ3v) is 4.01. The van der Waals surface area contributed by atoms with Crippen LogP contribution in [0.3, 0.4) is 0 Å². The smallest absolute Gasteiger partial charge is 0.154 e. The van der Waals surface area contributed by atoms with Crippen molar-refractivity contribution in [1.29, 1.82) is 5.26 Å². The molecule has 2 N–H and O–H groups in total. The second-order valence-electron chi connectivity index (χ2n) is 7.79. The highest BCUT2D eigenvalue weighted by atomic mass is 15.2. The zero-order valence-corrected chi connectivity index (χ0v) is 16.5.